The number of esters is 1. The molecule has 1 aliphatic heterocycles. The third-order valence-electron chi connectivity index (χ3n) is 5.34. The Labute approximate surface area is 203 Å². The second kappa shape index (κ2) is 12.2. The van der Waals surface area contributed by atoms with Crippen molar-refractivity contribution in [3.05, 3.63) is 63.7 Å². The zero-order valence-electron chi connectivity index (χ0n) is 19.9. The summed E-state index contributed by atoms with van der Waals surface area (Å²) >= 11 is 0. The van der Waals surface area contributed by atoms with Crippen molar-refractivity contribution in [2.24, 2.45) is 5.92 Å². The maximum atomic E-state index is 13.5. The highest BCUT2D eigenvalue weighted by Crippen LogP contribution is 2.38. The molecule has 0 saturated carbocycles. The molecule has 1 heterocycles. The van der Waals surface area contributed by atoms with Crippen LogP contribution in [0.1, 0.15) is 42.6 Å². The van der Waals surface area contributed by atoms with E-state index in [0.717, 1.165) is 0 Å². The molecule has 0 N–H and O–H groups in total. The molecule has 0 fully saturated rings. The highest BCUT2D eigenvalue weighted by atomic mass is 16.7. The van der Waals surface area contributed by atoms with Crippen molar-refractivity contribution in [3.8, 4) is 17.2 Å². The number of ketones is 1. The summed E-state index contributed by atoms with van der Waals surface area (Å²) in [5, 5.41) is 11.5. The topological polar surface area (TPSA) is 123 Å². The monoisotopic (exact) mass is 487 g/mol. The van der Waals surface area contributed by atoms with Gasteiger partial charge in [-0.3, -0.25) is 19.7 Å². The van der Waals surface area contributed by atoms with Crippen molar-refractivity contribution in [2.75, 3.05) is 33.2 Å². The molecule has 2 aromatic rings. The predicted molar refractivity (Wildman–Crippen MR) is 125 cm³/mol. The standard InChI is InChI=1S/C25H29NO9/c1-4-31-25(28)23(20(14-26(29)30)18-7-10-21-22(13-18)35-15-34-21)24(27)17-5-8-19(9-6-17)33-12-11-32-16(2)3/h5-10,13,16,20,23H,4,11-12,14-15H2,1-3H3. The Bertz CT molecular complexity index is 1040. The van der Waals surface area contributed by atoms with Crippen molar-refractivity contribution in [1.29, 1.82) is 0 Å². The van der Waals surface area contributed by atoms with E-state index in [1.54, 1.807) is 37.3 Å². The summed E-state index contributed by atoms with van der Waals surface area (Å²) in [5.74, 6) is -2.49. The first-order valence-electron chi connectivity index (χ1n) is 11.4. The lowest BCUT2D eigenvalue weighted by atomic mass is 9.81. The Morgan fingerprint density at radius 1 is 1.06 bits per heavy atom. The summed E-state index contributed by atoms with van der Waals surface area (Å²) in [5.41, 5.74) is 0.616. The minimum Gasteiger partial charge on any atom is -0.491 e. The van der Waals surface area contributed by atoms with Gasteiger partial charge in [-0.05, 0) is 62.7 Å². The Morgan fingerprint density at radius 3 is 2.43 bits per heavy atom. The fourth-order valence-corrected chi connectivity index (χ4v) is 3.73. The first-order valence-corrected chi connectivity index (χ1v) is 11.4. The number of carbonyl (C=O) groups is 2. The summed E-state index contributed by atoms with van der Waals surface area (Å²) in [6.45, 7) is 5.63. The van der Waals surface area contributed by atoms with E-state index in [0.29, 0.717) is 36.0 Å². The SMILES string of the molecule is CCOC(=O)C(C(=O)c1ccc(OCCOC(C)C)cc1)C(C[N+](=O)[O-])c1ccc2c(c1)OCO2. The molecule has 188 valence electrons. The number of hydrogen-bond acceptors (Lipinski definition) is 9. The minimum absolute atomic E-state index is 0.0247. The highest BCUT2D eigenvalue weighted by Gasteiger charge is 2.41. The fraction of sp³-hybridized carbons (Fsp3) is 0.440. The smallest absolute Gasteiger partial charge is 0.317 e. The molecule has 0 aliphatic carbocycles. The molecule has 0 amide bonds. The van der Waals surface area contributed by atoms with Gasteiger partial charge in [0.1, 0.15) is 18.3 Å². The van der Waals surface area contributed by atoms with Crippen LogP contribution in [-0.4, -0.2) is 55.9 Å². The van der Waals surface area contributed by atoms with Gasteiger partial charge in [0.05, 0.1) is 25.2 Å². The van der Waals surface area contributed by atoms with Crippen LogP contribution in [0.5, 0.6) is 17.2 Å². The highest BCUT2D eigenvalue weighted by molar-refractivity contribution is 6.09. The molecule has 0 bridgehead atoms. The van der Waals surface area contributed by atoms with E-state index in [1.807, 2.05) is 13.8 Å². The van der Waals surface area contributed by atoms with Crippen molar-refractivity contribution in [3.63, 3.8) is 0 Å². The number of benzene rings is 2. The number of nitrogens with zero attached hydrogens (tertiary/aromatic N) is 1. The van der Waals surface area contributed by atoms with Crippen LogP contribution in [-0.2, 0) is 14.3 Å². The number of hydrogen-bond donors (Lipinski definition) is 0. The molecule has 2 atom stereocenters. The first-order chi connectivity index (χ1) is 16.8. The molecule has 0 aromatic heterocycles. The molecule has 0 spiro atoms. The van der Waals surface area contributed by atoms with Crippen LogP contribution in [0, 0.1) is 16.0 Å². The third kappa shape index (κ3) is 6.92. The van der Waals surface area contributed by atoms with Gasteiger partial charge in [0.2, 0.25) is 13.3 Å². The summed E-state index contributed by atoms with van der Waals surface area (Å²) in [7, 11) is 0. The lowest BCUT2D eigenvalue weighted by Crippen LogP contribution is -2.35. The van der Waals surface area contributed by atoms with Gasteiger partial charge >= 0.3 is 5.97 Å². The molecule has 10 nitrogen and oxygen atoms in total. The van der Waals surface area contributed by atoms with Crippen LogP contribution in [0.25, 0.3) is 0 Å². The van der Waals surface area contributed by atoms with Crippen LogP contribution in [0.3, 0.4) is 0 Å². The quantitative estimate of drug-likeness (QED) is 0.104. The van der Waals surface area contributed by atoms with Gasteiger partial charge in [0.25, 0.3) is 0 Å². The number of Topliss-reactive ketones (excluding diaryl/α,β-unsaturated/α-hetero) is 1. The number of carbonyl (C=O) groups excluding carboxylic acids is 2. The van der Waals surface area contributed by atoms with Crippen molar-refractivity contribution in [2.45, 2.75) is 32.8 Å². The van der Waals surface area contributed by atoms with Gasteiger partial charge in [0, 0.05) is 10.5 Å². The van der Waals surface area contributed by atoms with Gasteiger partial charge in [-0.25, -0.2) is 0 Å². The van der Waals surface area contributed by atoms with Crippen LogP contribution in [0.2, 0.25) is 0 Å². The Hall–Kier alpha value is -3.66. The molecule has 35 heavy (non-hydrogen) atoms. The van der Waals surface area contributed by atoms with Crippen LogP contribution < -0.4 is 14.2 Å². The molecular weight excluding hydrogens is 458 g/mol. The van der Waals surface area contributed by atoms with Gasteiger partial charge < -0.3 is 23.7 Å². The zero-order valence-corrected chi connectivity index (χ0v) is 19.9. The summed E-state index contributed by atoms with van der Waals surface area (Å²) in [6.07, 6.45) is 0.0929. The molecular formula is C25H29NO9. The van der Waals surface area contributed by atoms with Gasteiger partial charge in [0.15, 0.2) is 17.3 Å². The van der Waals surface area contributed by atoms with E-state index in [-0.39, 0.29) is 25.1 Å². The minimum atomic E-state index is -1.42. The van der Waals surface area contributed by atoms with Crippen LogP contribution >= 0.6 is 0 Å². The van der Waals surface area contributed by atoms with Crippen LogP contribution in [0.4, 0.5) is 0 Å². The second-order valence-electron chi connectivity index (χ2n) is 8.12. The molecule has 0 radical (unpaired) electrons. The van der Waals surface area contributed by atoms with Crippen molar-refractivity contribution < 1.29 is 38.2 Å². The molecule has 2 unspecified atom stereocenters. The lowest BCUT2D eigenvalue weighted by Gasteiger charge is -2.22. The number of fused-ring (bicyclic) bond motifs is 1. The fourth-order valence-electron chi connectivity index (χ4n) is 3.73. The molecule has 0 saturated heterocycles. The maximum absolute atomic E-state index is 13.5. The van der Waals surface area contributed by atoms with E-state index >= 15 is 0 Å². The average molecular weight is 488 g/mol. The Morgan fingerprint density at radius 2 is 1.77 bits per heavy atom. The van der Waals surface area contributed by atoms with Crippen LogP contribution in [0.15, 0.2) is 42.5 Å². The van der Waals surface area contributed by atoms with Crippen molar-refractivity contribution in [1.82, 2.24) is 0 Å². The molecule has 2 aromatic carbocycles. The lowest BCUT2D eigenvalue weighted by molar-refractivity contribution is -0.484. The largest absolute Gasteiger partial charge is 0.491 e. The second-order valence-corrected chi connectivity index (χ2v) is 8.12. The van der Waals surface area contributed by atoms with Gasteiger partial charge in [-0.15, -0.1) is 0 Å². The number of ether oxygens (including phenoxy) is 5. The molecule has 1 aliphatic rings. The number of nitro groups is 1. The normalized spacial score (nSPS) is 13.8. The Balaban J connectivity index is 1.86. The number of rotatable bonds is 13. The average Bonchev–Trinajstić information content (AvgIpc) is 3.29. The van der Waals surface area contributed by atoms with Gasteiger partial charge in [-0.1, -0.05) is 6.07 Å². The summed E-state index contributed by atoms with van der Waals surface area (Å²) in [4.78, 5) is 37.4. The van der Waals surface area contributed by atoms with Gasteiger partial charge in [-0.2, -0.15) is 0 Å². The van der Waals surface area contributed by atoms with E-state index < -0.39 is 35.1 Å². The maximum Gasteiger partial charge on any atom is 0.317 e. The predicted octanol–water partition coefficient (Wildman–Crippen LogP) is 3.64. The Kier molecular flexibility index (Phi) is 9.02. The van der Waals surface area contributed by atoms with E-state index in [1.165, 1.54) is 12.1 Å². The summed E-state index contributed by atoms with van der Waals surface area (Å²) < 4.78 is 26.9. The molecule has 3 rings (SSSR count). The zero-order chi connectivity index (χ0) is 25.4. The first kappa shape index (κ1) is 26.0. The van der Waals surface area contributed by atoms with E-state index in [2.05, 4.69) is 0 Å². The molecule has 10 heteroatoms. The van der Waals surface area contributed by atoms with Crippen molar-refractivity contribution >= 4 is 11.8 Å². The summed E-state index contributed by atoms with van der Waals surface area (Å²) in [6, 6.07) is 11.0. The van der Waals surface area contributed by atoms with E-state index in [4.69, 9.17) is 23.7 Å². The van der Waals surface area contributed by atoms with E-state index in [9.17, 15) is 19.7 Å². The third-order valence-corrected chi connectivity index (χ3v) is 5.34.